The summed E-state index contributed by atoms with van der Waals surface area (Å²) in [5, 5.41) is 5.96. The van der Waals surface area contributed by atoms with E-state index in [0.717, 1.165) is 36.4 Å². The molecule has 9 heteroatoms. The number of methoxy groups -OCH3 is 1. The maximum atomic E-state index is 13.3. The lowest BCUT2D eigenvalue weighted by Gasteiger charge is -2.34. The number of piperazine rings is 1. The molecule has 2 N–H and O–H groups in total. The first-order valence-electron chi connectivity index (χ1n) is 11.2. The molecule has 2 aromatic rings. The van der Waals surface area contributed by atoms with E-state index in [1.54, 1.807) is 44.2 Å². The Morgan fingerprint density at radius 3 is 2.53 bits per heavy atom. The van der Waals surface area contributed by atoms with Crippen LogP contribution in [0.2, 0.25) is 0 Å². The Kier molecular flexibility index (Phi) is 8.44. The Labute approximate surface area is 198 Å². The van der Waals surface area contributed by atoms with Crippen LogP contribution >= 0.6 is 0 Å². The molecular formula is C25H31F2N3O4. The number of esters is 1. The number of anilines is 2. The van der Waals surface area contributed by atoms with Crippen LogP contribution in [0, 0.1) is 13.8 Å². The van der Waals surface area contributed by atoms with Gasteiger partial charge in [-0.15, -0.1) is 0 Å². The number of aryl methyl sites for hydroxylation is 2. The number of benzene rings is 2. The van der Waals surface area contributed by atoms with Crippen molar-refractivity contribution >= 4 is 23.3 Å². The van der Waals surface area contributed by atoms with Crippen molar-refractivity contribution in [3.63, 3.8) is 0 Å². The minimum absolute atomic E-state index is 0.141. The van der Waals surface area contributed by atoms with E-state index in [4.69, 9.17) is 9.47 Å². The Hall–Kier alpha value is -3.20. The second-order valence-corrected chi connectivity index (χ2v) is 8.47. The van der Waals surface area contributed by atoms with Crippen LogP contribution in [0.25, 0.3) is 0 Å². The number of alkyl halides is 2. The summed E-state index contributed by atoms with van der Waals surface area (Å²) in [6.45, 7) is 7.96. The van der Waals surface area contributed by atoms with Crippen LogP contribution < -0.4 is 20.3 Å². The summed E-state index contributed by atoms with van der Waals surface area (Å²) in [4.78, 5) is 27.6. The van der Waals surface area contributed by atoms with Crippen LogP contribution in [0.1, 0.15) is 34.8 Å². The van der Waals surface area contributed by atoms with Crippen LogP contribution in [-0.4, -0.2) is 57.2 Å². The zero-order chi connectivity index (χ0) is 24.8. The SMILES string of the molecule is COC(=O)c1cc(N2CCN[C@@H](C)C2)ccc1NC(=O)[C@H](CC(F)F)Oc1c(C)cccc1C. The van der Waals surface area contributed by atoms with E-state index in [-0.39, 0.29) is 17.3 Å². The fourth-order valence-corrected chi connectivity index (χ4v) is 3.99. The van der Waals surface area contributed by atoms with Crippen molar-refractivity contribution in [2.75, 3.05) is 37.0 Å². The van der Waals surface area contributed by atoms with Gasteiger partial charge in [0, 0.05) is 31.4 Å². The van der Waals surface area contributed by atoms with Gasteiger partial charge in [0.1, 0.15) is 5.75 Å². The van der Waals surface area contributed by atoms with Crippen molar-refractivity contribution in [3.05, 3.63) is 53.1 Å². The van der Waals surface area contributed by atoms with Gasteiger partial charge in [0.25, 0.3) is 5.91 Å². The smallest absolute Gasteiger partial charge is 0.340 e. The molecule has 7 nitrogen and oxygen atoms in total. The van der Waals surface area contributed by atoms with Crippen LogP contribution in [0.4, 0.5) is 20.2 Å². The summed E-state index contributed by atoms with van der Waals surface area (Å²) in [5.74, 6) is -1.02. The van der Waals surface area contributed by atoms with Gasteiger partial charge in [-0.3, -0.25) is 4.79 Å². The van der Waals surface area contributed by atoms with E-state index in [1.807, 2.05) is 6.07 Å². The zero-order valence-electron chi connectivity index (χ0n) is 19.9. The van der Waals surface area contributed by atoms with Gasteiger partial charge in [-0.2, -0.15) is 0 Å². The number of rotatable bonds is 8. The van der Waals surface area contributed by atoms with Crippen molar-refractivity contribution in [1.82, 2.24) is 5.32 Å². The van der Waals surface area contributed by atoms with Crippen molar-refractivity contribution in [1.29, 1.82) is 0 Å². The number of carbonyl (C=O) groups excluding carboxylic acids is 2. The van der Waals surface area contributed by atoms with Crippen LogP contribution in [0.3, 0.4) is 0 Å². The Morgan fingerprint density at radius 2 is 1.91 bits per heavy atom. The monoisotopic (exact) mass is 475 g/mol. The first-order valence-corrected chi connectivity index (χ1v) is 11.2. The summed E-state index contributed by atoms with van der Waals surface area (Å²) in [6.07, 6.45) is -4.99. The number of para-hydroxylation sites is 1. The average molecular weight is 476 g/mol. The molecule has 0 saturated carbocycles. The first-order chi connectivity index (χ1) is 16.2. The Morgan fingerprint density at radius 1 is 1.21 bits per heavy atom. The van der Waals surface area contributed by atoms with Crippen molar-refractivity contribution < 1.29 is 27.8 Å². The predicted molar refractivity (Wildman–Crippen MR) is 127 cm³/mol. The van der Waals surface area contributed by atoms with Gasteiger partial charge >= 0.3 is 5.97 Å². The Bertz CT molecular complexity index is 1010. The molecule has 1 heterocycles. The van der Waals surface area contributed by atoms with Crippen LogP contribution in [-0.2, 0) is 9.53 Å². The summed E-state index contributed by atoms with van der Waals surface area (Å²) < 4.78 is 37.2. The normalized spacial score (nSPS) is 16.8. The zero-order valence-corrected chi connectivity index (χ0v) is 19.9. The summed E-state index contributed by atoms with van der Waals surface area (Å²) >= 11 is 0. The first kappa shape index (κ1) is 25.4. The number of carbonyl (C=O) groups is 2. The van der Waals surface area contributed by atoms with Crippen molar-refractivity contribution in [2.24, 2.45) is 0 Å². The van der Waals surface area contributed by atoms with E-state index in [0.29, 0.717) is 5.75 Å². The number of hydrogen-bond acceptors (Lipinski definition) is 6. The molecule has 2 atom stereocenters. The number of halogens is 2. The molecular weight excluding hydrogens is 444 g/mol. The molecule has 0 aromatic heterocycles. The van der Waals surface area contributed by atoms with Gasteiger partial charge in [0.2, 0.25) is 6.43 Å². The molecule has 1 amide bonds. The molecule has 0 spiro atoms. The van der Waals surface area contributed by atoms with E-state index in [1.165, 1.54) is 7.11 Å². The standard InChI is InChI=1S/C25H31F2N3O4/c1-15-6-5-7-16(2)23(15)34-21(13-22(26)27)24(31)29-20-9-8-18(12-19(20)25(32)33-4)30-11-10-28-17(3)14-30/h5-9,12,17,21-22,28H,10-11,13-14H2,1-4H3,(H,29,31)/t17-,21-/m0/s1. The molecule has 184 valence electrons. The molecule has 1 aliphatic heterocycles. The molecule has 0 radical (unpaired) electrons. The van der Waals surface area contributed by atoms with Crippen LogP contribution in [0.15, 0.2) is 36.4 Å². The highest BCUT2D eigenvalue weighted by Crippen LogP contribution is 2.28. The predicted octanol–water partition coefficient (Wildman–Crippen LogP) is 3.93. The van der Waals surface area contributed by atoms with E-state index in [9.17, 15) is 18.4 Å². The molecule has 34 heavy (non-hydrogen) atoms. The lowest BCUT2D eigenvalue weighted by Crippen LogP contribution is -2.49. The van der Waals surface area contributed by atoms with E-state index < -0.39 is 30.8 Å². The minimum atomic E-state index is -2.75. The van der Waals surface area contributed by atoms with Gasteiger partial charge in [0.05, 0.1) is 24.8 Å². The van der Waals surface area contributed by atoms with Gasteiger partial charge < -0.3 is 25.0 Å². The van der Waals surface area contributed by atoms with Crippen molar-refractivity contribution in [3.8, 4) is 5.75 Å². The maximum absolute atomic E-state index is 13.3. The third-order valence-corrected chi connectivity index (χ3v) is 5.75. The van der Waals surface area contributed by atoms with Gasteiger partial charge in [-0.1, -0.05) is 18.2 Å². The third kappa shape index (κ3) is 6.22. The molecule has 0 unspecified atom stereocenters. The molecule has 1 aliphatic rings. The third-order valence-electron chi connectivity index (χ3n) is 5.75. The highest BCUT2D eigenvalue weighted by atomic mass is 19.3. The summed E-state index contributed by atoms with van der Waals surface area (Å²) in [6, 6.07) is 10.7. The van der Waals surface area contributed by atoms with Gasteiger partial charge in [-0.25, -0.2) is 13.6 Å². The van der Waals surface area contributed by atoms with E-state index >= 15 is 0 Å². The van der Waals surface area contributed by atoms with Crippen LogP contribution in [0.5, 0.6) is 5.75 Å². The Balaban J connectivity index is 1.87. The lowest BCUT2D eigenvalue weighted by molar-refractivity contribution is -0.124. The molecule has 0 bridgehead atoms. The van der Waals surface area contributed by atoms with Gasteiger partial charge in [0.15, 0.2) is 6.10 Å². The fourth-order valence-electron chi connectivity index (χ4n) is 3.99. The lowest BCUT2D eigenvalue weighted by atomic mass is 10.1. The fraction of sp³-hybridized carbons (Fsp3) is 0.440. The van der Waals surface area contributed by atoms with Crippen molar-refractivity contribution in [2.45, 2.75) is 45.8 Å². The molecule has 1 saturated heterocycles. The molecule has 1 fully saturated rings. The molecule has 0 aliphatic carbocycles. The van der Waals surface area contributed by atoms with E-state index in [2.05, 4.69) is 22.5 Å². The summed E-state index contributed by atoms with van der Waals surface area (Å²) in [5.41, 5.74) is 2.59. The quantitative estimate of drug-likeness (QED) is 0.564. The summed E-state index contributed by atoms with van der Waals surface area (Å²) in [7, 11) is 1.25. The number of nitrogens with zero attached hydrogens (tertiary/aromatic N) is 1. The highest BCUT2D eigenvalue weighted by Gasteiger charge is 2.28. The average Bonchev–Trinajstić information content (AvgIpc) is 2.80. The minimum Gasteiger partial charge on any atom is -0.480 e. The number of hydrogen-bond donors (Lipinski definition) is 2. The molecule has 2 aromatic carbocycles. The second kappa shape index (κ2) is 11.3. The number of ether oxygens (including phenoxy) is 2. The number of amides is 1. The second-order valence-electron chi connectivity index (χ2n) is 8.47. The topological polar surface area (TPSA) is 79.9 Å². The highest BCUT2D eigenvalue weighted by molar-refractivity contribution is 6.03. The molecule has 3 rings (SSSR count). The maximum Gasteiger partial charge on any atom is 0.340 e. The van der Waals surface area contributed by atoms with Gasteiger partial charge in [-0.05, 0) is 50.1 Å². The largest absolute Gasteiger partial charge is 0.480 e. The number of nitrogens with one attached hydrogen (secondary N) is 2.